The molecule has 0 saturated carbocycles. The molecule has 1 fully saturated rings. The Morgan fingerprint density at radius 3 is 2.54 bits per heavy atom. The Bertz CT molecular complexity index is 659. The first-order chi connectivity index (χ1) is 11.2. The largest absolute Gasteiger partial charge is 0.390 e. The second-order valence-corrected chi connectivity index (χ2v) is 8.90. The Morgan fingerprint density at radius 1 is 1.29 bits per heavy atom. The number of nitrogens with one attached hydrogen (secondary N) is 1. The molecule has 1 heterocycles. The molecule has 5 nitrogen and oxygen atoms in total. The molecule has 24 heavy (non-hydrogen) atoms. The molecule has 2 N–H and O–H groups in total. The molecule has 1 aromatic rings. The summed E-state index contributed by atoms with van der Waals surface area (Å²) in [6, 6.07) is 5.22. The number of hydrogen-bond acceptors (Lipinski definition) is 4. The lowest BCUT2D eigenvalue weighted by Gasteiger charge is -2.40. The van der Waals surface area contributed by atoms with E-state index in [-0.39, 0.29) is 21.5 Å². The van der Waals surface area contributed by atoms with E-state index in [0.29, 0.717) is 18.6 Å². The first kappa shape index (κ1) is 19.9. The van der Waals surface area contributed by atoms with Crippen LogP contribution in [-0.4, -0.2) is 49.7 Å². The highest BCUT2D eigenvalue weighted by Gasteiger charge is 2.27. The van der Waals surface area contributed by atoms with E-state index in [1.807, 2.05) is 0 Å². The summed E-state index contributed by atoms with van der Waals surface area (Å²) in [6.07, 6.45) is 2.59. The van der Waals surface area contributed by atoms with Crippen LogP contribution in [0.25, 0.3) is 0 Å². The average molecular weight is 395 g/mol. The normalized spacial score (nSPS) is 24.0. The molecule has 0 bridgehead atoms. The highest BCUT2D eigenvalue weighted by molar-refractivity contribution is 7.89. The lowest BCUT2D eigenvalue weighted by Crippen LogP contribution is -2.49. The van der Waals surface area contributed by atoms with Gasteiger partial charge in [-0.25, -0.2) is 13.1 Å². The van der Waals surface area contributed by atoms with Crippen molar-refractivity contribution in [2.75, 3.05) is 13.1 Å². The van der Waals surface area contributed by atoms with Crippen molar-refractivity contribution < 1.29 is 13.5 Å². The minimum absolute atomic E-state index is 0.0144. The molecule has 1 saturated heterocycles. The zero-order valence-electron chi connectivity index (χ0n) is 13.9. The van der Waals surface area contributed by atoms with Gasteiger partial charge in [0.2, 0.25) is 10.0 Å². The van der Waals surface area contributed by atoms with E-state index in [9.17, 15) is 13.5 Å². The number of benzene rings is 1. The van der Waals surface area contributed by atoms with Gasteiger partial charge in [-0.3, -0.25) is 4.90 Å². The maximum absolute atomic E-state index is 12.4. The van der Waals surface area contributed by atoms with Crippen LogP contribution in [0, 0.1) is 0 Å². The van der Waals surface area contributed by atoms with E-state index in [0.717, 1.165) is 12.8 Å². The quantitative estimate of drug-likeness (QED) is 0.777. The van der Waals surface area contributed by atoms with E-state index in [1.165, 1.54) is 24.6 Å². The Labute approximate surface area is 154 Å². The van der Waals surface area contributed by atoms with Crippen LogP contribution in [0.5, 0.6) is 0 Å². The summed E-state index contributed by atoms with van der Waals surface area (Å²) in [7, 11) is -3.82. The Hall–Kier alpha value is -0.370. The number of piperidine rings is 1. The van der Waals surface area contributed by atoms with E-state index in [1.54, 1.807) is 0 Å². The molecule has 0 aliphatic carbocycles. The van der Waals surface area contributed by atoms with Crippen LogP contribution in [0.15, 0.2) is 23.1 Å². The van der Waals surface area contributed by atoms with Crippen molar-refractivity contribution in [2.45, 2.75) is 56.2 Å². The minimum atomic E-state index is -3.82. The maximum atomic E-state index is 12.4. The summed E-state index contributed by atoms with van der Waals surface area (Å²) < 4.78 is 27.1. The monoisotopic (exact) mass is 394 g/mol. The predicted octanol–water partition coefficient (Wildman–Crippen LogP) is 2.90. The van der Waals surface area contributed by atoms with E-state index in [4.69, 9.17) is 23.2 Å². The third-order valence-corrected chi connectivity index (χ3v) is 6.91. The number of hydrogen-bond donors (Lipinski definition) is 2. The summed E-state index contributed by atoms with van der Waals surface area (Å²) in [5.74, 6) is 0. The fourth-order valence-electron chi connectivity index (χ4n) is 3.12. The number of rotatable bonds is 6. The number of likely N-dealkylation sites (tertiary alicyclic amines) is 1. The molecule has 1 aromatic carbocycles. The number of nitrogens with zero attached hydrogens (tertiary/aromatic N) is 1. The van der Waals surface area contributed by atoms with Gasteiger partial charge in [-0.2, -0.15) is 0 Å². The molecule has 0 aromatic heterocycles. The zero-order chi connectivity index (χ0) is 17.9. The summed E-state index contributed by atoms with van der Waals surface area (Å²) in [6.45, 7) is 4.64. The van der Waals surface area contributed by atoms with Crippen molar-refractivity contribution in [2.24, 2.45) is 0 Å². The first-order valence-electron chi connectivity index (χ1n) is 8.10. The molecule has 2 rings (SSSR count). The summed E-state index contributed by atoms with van der Waals surface area (Å²) in [4.78, 5) is 2.15. The topological polar surface area (TPSA) is 69.6 Å². The van der Waals surface area contributed by atoms with Gasteiger partial charge in [0.25, 0.3) is 0 Å². The van der Waals surface area contributed by atoms with Gasteiger partial charge in [0.15, 0.2) is 0 Å². The second-order valence-electron chi connectivity index (χ2n) is 6.38. The molecule has 8 heteroatoms. The highest BCUT2D eigenvalue weighted by atomic mass is 35.5. The molecule has 136 valence electrons. The third kappa shape index (κ3) is 4.84. The Kier molecular flexibility index (Phi) is 6.93. The van der Waals surface area contributed by atoms with Crippen molar-refractivity contribution in [1.29, 1.82) is 0 Å². The van der Waals surface area contributed by atoms with Crippen LogP contribution in [0.2, 0.25) is 10.0 Å². The second kappa shape index (κ2) is 8.34. The van der Waals surface area contributed by atoms with Crippen molar-refractivity contribution in [3.63, 3.8) is 0 Å². The van der Waals surface area contributed by atoms with Gasteiger partial charge in [0.05, 0.1) is 16.1 Å². The lowest BCUT2D eigenvalue weighted by molar-refractivity contribution is 0.0438. The van der Waals surface area contributed by atoms with Crippen molar-refractivity contribution >= 4 is 33.2 Å². The molecule has 0 amide bonds. The Balaban J connectivity index is 1.97. The summed E-state index contributed by atoms with van der Waals surface area (Å²) in [5, 5.41) is 10.4. The number of sulfonamides is 1. The van der Waals surface area contributed by atoms with E-state index < -0.39 is 16.1 Å². The number of aliphatic hydroxyl groups excluding tert-OH is 1. The maximum Gasteiger partial charge on any atom is 0.242 e. The zero-order valence-corrected chi connectivity index (χ0v) is 16.2. The summed E-state index contributed by atoms with van der Waals surface area (Å²) >= 11 is 11.8. The highest BCUT2D eigenvalue weighted by Crippen LogP contribution is 2.28. The lowest BCUT2D eigenvalue weighted by atomic mass is 9.97. The van der Waals surface area contributed by atoms with E-state index >= 15 is 0 Å². The van der Waals surface area contributed by atoms with Gasteiger partial charge in [-0.05, 0) is 38.8 Å². The fourth-order valence-corrected chi connectivity index (χ4v) is 4.95. The minimum Gasteiger partial charge on any atom is -0.390 e. The Morgan fingerprint density at radius 2 is 1.92 bits per heavy atom. The van der Waals surface area contributed by atoms with Crippen molar-refractivity contribution in [3.8, 4) is 0 Å². The van der Waals surface area contributed by atoms with Gasteiger partial charge in [0.1, 0.15) is 4.90 Å². The smallest absolute Gasteiger partial charge is 0.242 e. The number of halogens is 2. The molecule has 3 atom stereocenters. The van der Waals surface area contributed by atoms with Crippen LogP contribution in [-0.2, 0) is 10.0 Å². The molecular formula is C16H24Cl2N2O3S. The average Bonchev–Trinajstić information content (AvgIpc) is 2.52. The first-order valence-corrected chi connectivity index (χ1v) is 10.3. The van der Waals surface area contributed by atoms with Crippen LogP contribution in [0.1, 0.15) is 33.1 Å². The molecule has 1 aliphatic rings. The molecular weight excluding hydrogens is 371 g/mol. The molecule has 0 unspecified atom stereocenters. The van der Waals surface area contributed by atoms with Gasteiger partial charge in [-0.15, -0.1) is 0 Å². The predicted molar refractivity (Wildman–Crippen MR) is 97.1 cm³/mol. The van der Waals surface area contributed by atoms with Crippen molar-refractivity contribution in [3.05, 3.63) is 28.2 Å². The van der Waals surface area contributed by atoms with Crippen molar-refractivity contribution in [1.82, 2.24) is 9.62 Å². The molecule has 0 radical (unpaired) electrons. The standard InChI is InChI=1S/C16H24Cl2N2O3S/c1-11-5-3-6-12(2)20(11)10-13(21)9-19-24(22,23)15-8-4-7-14(17)16(15)18/h4,7-8,11-13,19,21H,3,5-6,9-10H2,1-2H3/t11-,12+,13-/m1/s1. The van der Waals surface area contributed by atoms with Gasteiger partial charge >= 0.3 is 0 Å². The number of β-amino-alcohol motifs (C(OH)–C–C–N with tert-alkyl or cyclic N) is 1. The van der Waals surface area contributed by atoms with Gasteiger partial charge in [0, 0.05) is 25.2 Å². The fraction of sp³-hybridized carbons (Fsp3) is 0.625. The van der Waals surface area contributed by atoms with Gasteiger partial charge < -0.3 is 5.11 Å². The summed E-state index contributed by atoms with van der Waals surface area (Å²) in [5.41, 5.74) is 0. The molecule has 0 spiro atoms. The third-order valence-electron chi connectivity index (χ3n) is 4.51. The van der Waals surface area contributed by atoms with Crippen LogP contribution in [0.4, 0.5) is 0 Å². The SMILES string of the molecule is C[C@@H]1CCC[C@H](C)N1C[C@H](O)CNS(=O)(=O)c1cccc(Cl)c1Cl. The molecule has 1 aliphatic heterocycles. The van der Waals surface area contributed by atoms with Crippen LogP contribution < -0.4 is 4.72 Å². The number of aliphatic hydroxyl groups is 1. The van der Waals surface area contributed by atoms with Crippen LogP contribution >= 0.6 is 23.2 Å². The van der Waals surface area contributed by atoms with E-state index in [2.05, 4.69) is 23.5 Å². The van der Waals surface area contributed by atoms with Crippen LogP contribution in [0.3, 0.4) is 0 Å². The van der Waals surface area contributed by atoms with Gasteiger partial charge in [-0.1, -0.05) is 35.7 Å².